The largest absolute Gasteiger partial charge is 0.466 e. The molecular formula is C19H36N2O3Si. The Hall–Kier alpha value is -0.663. The zero-order valence-electron chi connectivity index (χ0n) is 16.7. The van der Waals surface area contributed by atoms with Crippen LogP contribution in [0.3, 0.4) is 0 Å². The van der Waals surface area contributed by atoms with Crippen molar-refractivity contribution in [1.82, 2.24) is 9.80 Å². The van der Waals surface area contributed by atoms with Crippen molar-refractivity contribution in [3.63, 3.8) is 0 Å². The summed E-state index contributed by atoms with van der Waals surface area (Å²) >= 11 is 0. The lowest BCUT2D eigenvalue weighted by Crippen LogP contribution is -2.45. The topological polar surface area (TPSA) is 38.1 Å². The molecule has 144 valence electrons. The minimum Gasteiger partial charge on any atom is -0.466 e. The van der Waals surface area contributed by atoms with Crippen LogP contribution in [0.15, 0.2) is 16.5 Å². The second-order valence-corrected chi connectivity index (χ2v) is 12.3. The maximum absolute atomic E-state index is 6.16. The van der Waals surface area contributed by atoms with Gasteiger partial charge in [-0.15, -0.1) is 0 Å². The number of nitrogens with zero attached hydrogens (tertiary/aromatic N) is 2. The van der Waals surface area contributed by atoms with E-state index in [4.69, 9.17) is 13.9 Å². The molecule has 0 saturated carbocycles. The van der Waals surface area contributed by atoms with Gasteiger partial charge in [0.25, 0.3) is 0 Å². The summed E-state index contributed by atoms with van der Waals surface area (Å²) in [5.41, 5.74) is 0. The lowest BCUT2D eigenvalue weighted by atomic mass is 10.3. The molecule has 25 heavy (non-hydrogen) atoms. The highest BCUT2D eigenvalue weighted by molar-refractivity contribution is 6.88. The highest BCUT2D eigenvalue weighted by Crippen LogP contribution is 2.22. The van der Waals surface area contributed by atoms with Gasteiger partial charge in [0.1, 0.15) is 8.07 Å². The quantitative estimate of drug-likeness (QED) is 0.469. The molecule has 0 unspecified atom stereocenters. The fraction of sp³-hybridized carbons (Fsp3) is 0.789. The molecule has 0 amide bonds. The first-order valence-corrected chi connectivity index (χ1v) is 12.9. The molecule has 1 saturated heterocycles. The van der Waals surface area contributed by atoms with Crippen molar-refractivity contribution in [3.8, 4) is 0 Å². The summed E-state index contributed by atoms with van der Waals surface area (Å²) in [6.07, 6.45) is 0.873. The lowest BCUT2D eigenvalue weighted by Gasteiger charge is -2.32. The van der Waals surface area contributed by atoms with E-state index in [2.05, 4.69) is 36.0 Å². The normalized spacial score (nSPS) is 17.5. The van der Waals surface area contributed by atoms with E-state index in [0.717, 1.165) is 11.1 Å². The van der Waals surface area contributed by atoms with Gasteiger partial charge in [0.05, 0.1) is 5.38 Å². The number of furan rings is 1. The highest BCUT2D eigenvalue weighted by atomic mass is 28.3. The molecule has 0 aromatic carbocycles. The van der Waals surface area contributed by atoms with Crippen molar-refractivity contribution in [2.24, 2.45) is 0 Å². The third-order valence-corrected chi connectivity index (χ3v) is 8.24. The molecule has 2 heterocycles. The SMILES string of the molecule is CCOC(OCC)c1ccc([Si](C)(C)CCCN2CCN(C)CC2)o1. The van der Waals surface area contributed by atoms with Crippen LogP contribution in [0.25, 0.3) is 0 Å². The minimum absolute atomic E-state index is 0.376. The van der Waals surface area contributed by atoms with Crippen molar-refractivity contribution < 1.29 is 13.9 Å². The van der Waals surface area contributed by atoms with Crippen LogP contribution in [0.1, 0.15) is 32.3 Å². The fourth-order valence-electron chi connectivity index (χ4n) is 3.30. The Balaban J connectivity index is 1.86. The van der Waals surface area contributed by atoms with E-state index < -0.39 is 8.07 Å². The number of rotatable bonds is 10. The standard InChI is InChI=1S/C19H36N2O3Si/c1-6-22-19(23-7-2)17-9-10-18(24-17)25(4,5)16-8-11-21-14-12-20(3)13-15-21/h9-10,19H,6-8,11-16H2,1-5H3. The first-order valence-electron chi connectivity index (χ1n) is 9.70. The number of ether oxygens (including phenoxy) is 2. The Morgan fingerprint density at radius 3 is 2.32 bits per heavy atom. The Labute approximate surface area is 154 Å². The average molecular weight is 369 g/mol. The molecule has 1 aromatic rings. The third kappa shape index (κ3) is 6.22. The van der Waals surface area contributed by atoms with E-state index in [1.807, 2.05) is 19.9 Å². The maximum Gasteiger partial charge on any atom is 0.217 e. The van der Waals surface area contributed by atoms with E-state index in [1.165, 1.54) is 45.2 Å². The molecule has 0 atom stereocenters. The molecule has 1 fully saturated rings. The van der Waals surface area contributed by atoms with Crippen molar-refractivity contribution in [2.75, 3.05) is 53.0 Å². The number of likely N-dealkylation sites (N-methyl/N-ethyl adjacent to an activating group) is 1. The molecule has 0 bridgehead atoms. The van der Waals surface area contributed by atoms with Gasteiger partial charge in [-0.25, -0.2) is 0 Å². The van der Waals surface area contributed by atoms with Crippen molar-refractivity contribution in [2.45, 2.75) is 45.7 Å². The van der Waals surface area contributed by atoms with Crippen molar-refractivity contribution in [1.29, 1.82) is 0 Å². The van der Waals surface area contributed by atoms with Gasteiger partial charge < -0.3 is 23.7 Å². The molecule has 0 aliphatic carbocycles. The molecule has 2 rings (SSSR count). The Morgan fingerprint density at radius 2 is 1.72 bits per heavy atom. The summed E-state index contributed by atoms with van der Waals surface area (Å²) in [4.78, 5) is 5.00. The Morgan fingerprint density at radius 1 is 1.08 bits per heavy atom. The first-order chi connectivity index (χ1) is 12.0. The van der Waals surface area contributed by atoms with Gasteiger partial charge in [0.2, 0.25) is 6.29 Å². The number of hydrogen-bond acceptors (Lipinski definition) is 5. The minimum atomic E-state index is -1.56. The predicted octanol–water partition coefficient (Wildman–Crippen LogP) is 2.90. The first kappa shape index (κ1) is 20.6. The van der Waals surface area contributed by atoms with Crippen LogP contribution in [0, 0.1) is 0 Å². The van der Waals surface area contributed by atoms with Crippen LogP contribution < -0.4 is 5.38 Å². The summed E-state index contributed by atoms with van der Waals surface area (Å²) in [6.45, 7) is 16.0. The summed E-state index contributed by atoms with van der Waals surface area (Å²) < 4.78 is 17.5. The van der Waals surface area contributed by atoms with E-state index in [9.17, 15) is 0 Å². The fourth-order valence-corrected chi connectivity index (χ4v) is 5.51. The summed E-state index contributed by atoms with van der Waals surface area (Å²) in [5, 5.41) is 1.16. The monoisotopic (exact) mass is 368 g/mol. The van der Waals surface area contributed by atoms with Gasteiger partial charge in [-0.2, -0.15) is 0 Å². The van der Waals surface area contributed by atoms with Gasteiger partial charge in [-0.3, -0.25) is 0 Å². The van der Waals surface area contributed by atoms with E-state index in [-0.39, 0.29) is 6.29 Å². The van der Waals surface area contributed by atoms with Crippen LogP contribution in [-0.2, 0) is 9.47 Å². The van der Waals surface area contributed by atoms with Crippen LogP contribution in [0.2, 0.25) is 19.1 Å². The van der Waals surface area contributed by atoms with E-state index in [0.29, 0.717) is 13.2 Å². The van der Waals surface area contributed by atoms with Crippen molar-refractivity contribution in [3.05, 3.63) is 17.9 Å². The van der Waals surface area contributed by atoms with Gasteiger partial charge in [0, 0.05) is 39.4 Å². The van der Waals surface area contributed by atoms with Gasteiger partial charge in [0.15, 0.2) is 5.76 Å². The zero-order valence-corrected chi connectivity index (χ0v) is 17.7. The molecule has 1 aliphatic heterocycles. The zero-order chi connectivity index (χ0) is 18.3. The van der Waals surface area contributed by atoms with Gasteiger partial charge in [-0.1, -0.05) is 13.1 Å². The summed E-state index contributed by atoms with van der Waals surface area (Å²) in [5.74, 6) is 0.804. The highest BCUT2D eigenvalue weighted by Gasteiger charge is 2.29. The second-order valence-electron chi connectivity index (χ2n) is 7.58. The van der Waals surface area contributed by atoms with E-state index in [1.54, 1.807) is 0 Å². The molecule has 6 heteroatoms. The number of hydrogen-bond donors (Lipinski definition) is 0. The molecule has 0 N–H and O–H groups in total. The summed E-state index contributed by atoms with van der Waals surface area (Å²) in [7, 11) is 0.645. The van der Waals surface area contributed by atoms with Crippen LogP contribution in [0.5, 0.6) is 0 Å². The van der Waals surface area contributed by atoms with Crippen LogP contribution >= 0.6 is 0 Å². The molecule has 0 spiro atoms. The molecule has 0 radical (unpaired) electrons. The predicted molar refractivity (Wildman–Crippen MR) is 105 cm³/mol. The molecule has 1 aliphatic rings. The maximum atomic E-state index is 6.16. The Kier molecular flexibility index (Phi) is 8.16. The van der Waals surface area contributed by atoms with Crippen LogP contribution in [0.4, 0.5) is 0 Å². The average Bonchev–Trinajstić information content (AvgIpc) is 3.07. The Bertz CT molecular complexity index is 493. The molecular weight excluding hydrogens is 332 g/mol. The second kappa shape index (κ2) is 9.88. The summed E-state index contributed by atoms with van der Waals surface area (Å²) in [6, 6.07) is 5.42. The third-order valence-electron chi connectivity index (χ3n) is 5.03. The molecule has 1 aromatic heterocycles. The van der Waals surface area contributed by atoms with Gasteiger partial charge in [-0.05, 0) is 52.0 Å². The molecule has 5 nitrogen and oxygen atoms in total. The van der Waals surface area contributed by atoms with Crippen LogP contribution in [-0.4, -0.2) is 70.9 Å². The smallest absolute Gasteiger partial charge is 0.217 e. The van der Waals surface area contributed by atoms with E-state index >= 15 is 0 Å². The van der Waals surface area contributed by atoms with Crippen molar-refractivity contribution >= 4 is 13.5 Å². The lowest BCUT2D eigenvalue weighted by molar-refractivity contribution is -0.150. The van der Waals surface area contributed by atoms with Gasteiger partial charge >= 0.3 is 0 Å². The number of piperazine rings is 1.